The molecule has 0 radical (unpaired) electrons. The third kappa shape index (κ3) is 3.49. The van der Waals surface area contributed by atoms with E-state index in [9.17, 15) is 4.79 Å². The molecule has 6 nitrogen and oxygen atoms in total. The van der Waals surface area contributed by atoms with Gasteiger partial charge in [-0.2, -0.15) is 0 Å². The van der Waals surface area contributed by atoms with Gasteiger partial charge >= 0.3 is 11.8 Å². The first-order valence-electron chi connectivity index (χ1n) is 6.70. The lowest BCUT2D eigenvalue weighted by molar-refractivity contribution is 0.0991. The highest BCUT2D eigenvalue weighted by atomic mass is 35.5. The number of aromatic nitrogens is 2. The molecule has 1 amide bonds. The summed E-state index contributed by atoms with van der Waals surface area (Å²) >= 11 is 5.83. The molecule has 7 heteroatoms. The average Bonchev–Trinajstić information content (AvgIpc) is 3.06. The Kier molecular flexibility index (Phi) is 4.25. The van der Waals surface area contributed by atoms with Gasteiger partial charge in [0.2, 0.25) is 5.89 Å². The van der Waals surface area contributed by atoms with Crippen molar-refractivity contribution in [2.24, 2.45) is 0 Å². The van der Waals surface area contributed by atoms with E-state index in [1.54, 1.807) is 55.6 Å². The average molecular weight is 330 g/mol. The van der Waals surface area contributed by atoms with Crippen molar-refractivity contribution in [2.45, 2.75) is 0 Å². The smallest absolute Gasteiger partial charge is 0.313 e. The van der Waals surface area contributed by atoms with E-state index in [4.69, 9.17) is 20.8 Å². The van der Waals surface area contributed by atoms with Crippen LogP contribution in [0, 0.1) is 0 Å². The summed E-state index contributed by atoms with van der Waals surface area (Å²) in [6, 6.07) is 13.8. The first kappa shape index (κ1) is 15.1. The number of amides is 1. The SMILES string of the molecule is COc1cccc(NC(=O)c2nnc(-c3ccc(Cl)cc3)o2)c1. The van der Waals surface area contributed by atoms with Gasteiger partial charge in [-0.05, 0) is 36.4 Å². The Morgan fingerprint density at radius 3 is 2.70 bits per heavy atom. The van der Waals surface area contributed by atoms with Gasteiger partial charge < -0.3 is 14.5 Å². The maximum Gasteiger partial charge on any atom is 0.313 e. The monoisotopic (exact) mass is 329 g/mol. The standard InChI is InChI=1S/C16H12ClN3O3/c1-22-13-4-2-3-12(9-13)18-14(21)16-20-19-15(23-16)10-5-7-11(17)8-6-10/h2-9H,1H3,(H,18,21). The summed E-state index contributed by atoms with van der Waals surface area (Å²) in [5.41, 5.74) is 1.25. The lowest BCUT2D eigenvalue weighted by Crippen LogP contribution is -2.12. The molecule has 0 aliphatic rings. The molecule has 0 fully saturated rings. The van der Waals surface area contributed by atoms with Crippen molar-refractivity contribution in [1.82, 2.24) is 10.2 Å². The van der Waals surface area contributed by atoms with E-state index in [1.165, 1.54) is 0 Å². The van der Waals surface area contributed by atoms with E-state index in [1.807, 2.05) is 0 Å². The van der Waals surface area contributed by atoms with E-state index >= 15 is 0 Å². The van der Waals surface area contributed by atoms with Crippen LogP contribution in [0.3, 0.4) is 0 Å². The fraction of sp³-hybridized carbons (Fsp3) is 0.0625. The molecule has 3 rings (SSSR count). The predicted octanol–water partition coefficient (Wildman–Crippen LogP) is 3.65. The molecule has 1 heterocycles. The van der Waals surface area contributed by atoms with Crippen molar-refractivity contribution in [3.8, 4) is 17.2 Å². The molecule has 0 unspecified atom stereocenters. The van der Waals surface area contributed by atoms with E-state index in [0.717, 1.165) is 0 Å². The Hall–Kier alpha value is -2.86. The molecule has 0 aliphatic carbocycles. The number of ether oxygens (including phenoxy) is 1. The van der Waals surface area contributed by atoms with Crippen molar-refractivity contribution in [2.75, 3.05) is 12.4 Å². The van der Waals surface area contributed by atoms with E-state index in [-0.39, 0.29) is 11.8 Å². The van der Waals surface area contributed by atoms with Crippen LogP contribution in [0.1, 0.15) is 10.7 Å². The normalized spacial score (nSPS) is 10.3. The number of carbonyl (C=O) groups excluding carboxylic acids is 1. The molecule has 3 aromatic rings. The molecule has 0 aliphatic heterocycles. The quantitative estimate of drug-likeness (QED) is 0.790. The number of hydrogen-bond acceptors (Lipinski definition) is 5. The van der Waals surface area contributed by atoms with Crippen LogP contribution in [0.25, 0.3) is 11.5 Å². The zero-order valence-electron chi connectivity index (χ0n) is 12.1. The highest BCUT2D eigenvalue weighted by Gasteiger charge is 2.16. The maximum absolute atomic E-state index is 12.1. The van der Waals surface area contributed by atoms with Gasteiger partial charge in [-0.15, -0.1) is 10.2 Å². The van der Waals surface area contributed by atoms with Gasteiger partial charge in [0.1, 0.15) is 5.75 Å². The molecule has 0 spiro atoms. The summed E-state index contributed by atoms with van der Waals surface area (Å²) in [5.74, 6) is 0.261. The molecule has 1 aromatic heterocycles. The summed E-state index contributed by atoms with van der Waals surface area (Å²) in [6.45, 7) is 0. The van der Waals surface area contributed by atoms with E-state index in [0.29, 0.717) is 22.0 Å². The molecule has 0 atom stereocenters. The number of methoxy groups -OCH3 is 1. The maximum atomic E-state index is 12.1. The predicted molar refractivity (Wildman–Crippen MR) is 85.7 cm³/mol. The second-order valence-electron chi connectivity index (χ2n) is 4.61. The van der Waals surface area contributed by atoms with Crippen molar-refractivity contribution in [3.63, 3.8) is 0 Å². The van der Waals surface area contributed by atoms with Crippen LogP contribution in [0.5, 0.6) is 5.75 Å². The second kappa shape index (κ2) is 6.50. The van der Waals surface area contributed by atoms with Crippen LogP contribution >= 0.6 is 11.6 Å². The summed E-state index contributed by atoms with van der Waals surface area (Å²) in [5, 5.41) is 10.9. The van der Waals surface area contributed by atoms with Crippen LogP contribution < -0.4 is 10.1 Å². The number of nitrogens with zero attached hydrogens (tertiary/aromatic N) is 2. The second-order valence-corrected chi connectivity index (χ2v) is 5.04. The summed E-state index contributed by atoms with van der Waals surface area (Å²) < 4.78 is 10.5. The van der Waals surface area contributed by atoms with Crippen LogP contribution in [0.2, 0.25) is 5.02 Å². The Morgan fingerprint density at radius 1 is 1.17 bits per heavy atom. The Bertz CT molecular complexity index is 831. The molecule has 116 valence electrons. The molecule has 0 saturated carbocycles. The topological polar surface area (TPSA) is 77.2 Å². The highest BCUT2D eigenvalue weighted by molar-refractivity contribution is 6.30. The summed E-state index contributed by atoms with van der Waals surface area (Å²) in [4.78, 5) is 12.1. The van der Waals surface area contributed by atoms with Gasteiger partial charge in [-0.1, -0.05) is 17.7 Å². The first-order chi connectivity index (χ1) is 11.2. The zero-order chi connectivity index (χ0) is 16.2. The molecule has 2 aromatic carbocycles. The number of hydrogen-bond donors (Lipinski definition) is 1. The number of carbonyl (C=O) groups is 1. The number of anilines is 1. The van der Waals surface area contributed by atoms with E-state index < -0.39 is 5.91 Å². The zero-order valence-corrected chi connectivity index (χ0v) is 12.9. The molecule has 1 N–H and O–H groups in total. The number of halogens is 1. The number of nitrogens with one attached hydrogen (secondary N) is 1. The number of rotatable bonds is 4. The lowest BCUT2D eigenvalue weighted by Gasteiger charge is -2.04. The largest absolute Gasteiger partial charge is 0.497 e. The van der Waals surface area contributed by atoms with Crippen LogP contribution in [-0.2, 0) is 0 Å². The fourth-order valence-electron chi connectivity index (χ4n) is 1.91. The highest BCUT2D eigenvalue weighted by Crippen LogP contribution is 2.21. The minimum Gasteiger partial charge on any atom is -0.497 e. The van der Waals surface area contributed by atoms with Crippen molar-refractivity contribution in [3.05, 3.63) is 59.4 Å². The molecular weight excluding hydrogens is 318 g/mol. The fourth-order valence-corrected chi connectivity index (χ4v) is 2.04. The van der Waals surface area contributed by atoms with Gasteiger partial charge in [-0.25, -0.2) is 0 Å². The summed E-state index contributed by atoms with van der Waals surface area (Å²) in [6.07, 6.45) is 0. The van der Waals surface area contributed by atoms with Gasteiger partial charge in [-0.3, -0.25) is 4.79 Å². The van der Waals surface area contributed by atoms with Gasteiger partial charge in [0.25, 0.3) is 0 Å². The molecular formula is C16H12ClN3O3. The van der Waals surface area contributed by atoms with Crippen molar-refractivity contribution in [1.29, 1.82) is 0 Å². The summed E-state index contributed by atoms with van der Waals surface area (Å²) in [7, 11) is 1.55. The lowest BCUT2D eigenvalue weighted by atomic mass is 10.2. The Labute approximate surface area is 137 Å². The van der Waals surface area contributed by atoms with Crippen LogP contribution in [-0.4, -0.2) is 23.2 Å². The van der Waals surface area contributed by atoms with Crippen LogP contribution in [0.4, 0.5) is 5.69 Å². The van der Waals surface area contributed by atoms with Crippen LogP contribution in [0.15, 0.2) is 52.9 Å². The molecule has 0 saturated heterocycles. The first-order valence-corrected chi connectivity index (χ1v) is 7.08. The van der Waals surface area contributed by atoms with Crippen molar-refractivity contribution < 1.29 is 13.9 Å². The van der Waals surface area contributed by atoms with E-state index in [2.05, 4.69) is 15.5 Å². The molecule has 0 bridgehead atoms. The third-order valence-corrected chi connectivity index (χ3v) is 3.29. The third-order valence-electron chi connectivity index (χ3n) is 3.04. The minimum atomic E-state index is -0.494. The molecule has 23 heavy (non-hydrogen) atoms. The minimum absolute atomic E-state index is 0.127. The van der Waals surface area contributed by atoms with Gasteiger partial charge in [0.05, 0.1) is 7.11 Å². The van der Waals surface area contributed by atoms with Gasteiger partial charge in [0, 0.05) is 22.3 Å². The van der Waals surface area contributed by atoms with Crippen molar-refractivity contribution >= 4 is 23.2 Å². The Morgan fingerprint density at radius 2 is 1.96 bits per heavy atom. The number of benzene rings is 2. The Balaban J connectivity index is 1.76. The van der Waals surface area contributed by atoms with Gasteiger partial charge in [0.15, 0.2) is 0 Å².